The van der Waals surface area contributed by atoms with Crippen LogP contribution >= 0.6 is 0 Å². The third kappa shape index (κ3) is 2.49. The Morgan fingerprint density at radius 3 is 1.89 bits per heavy atom. The second kappa shape index (κ2) is 4.36. The van der Waals surface area contributed by atoms with Gasteiger partial charge >= 0.3 is 0 Å². The number of hydrogen-bond donors (Lipinski definition) is 0. The highest BCUT2D eigenvalue weighted by Gasteiger charge is 1.96. The molecule has 0 aromatic carbocycles. The molecule has 0 N–H and O–H groups in total. The van der Waals surface area contributed by atoms with Crippen LogP contribution in [0.3, 0.4) is 0 Å². The molecule has 0 radical (unpaired) electrons. The first-order valence-corrected chi connectivity index (χ1v) is 3.44. The van der Waals surface area contributed by atoms with Crippen molar-refractivity contribution in [3.05, 3.63) is 0 Å². The molecule has 0 atom stereocenters. The first-order chi connectivity index (χ1) is 4.26. The summed E-state index contributed by atoms with van der Waals surface area (Å²) in [7, 11) is 1.83. The summed E-state index contributed by atoms with van der Waals surface area (Å²) >= 11 is 0. The number of aliphatic imine (C=N–C) groups is 1. The van der Waals surface area contributed by atoms with Gasteiger partial charge in [-0.25, -0.2) is 0 Å². The van der Waals surface area contributed by atoms with Crippen LogP contribution in [0.4, 0.5) is 0 Å². The molecular formula is C7H16N2. The fourth-order valence-electron chi connectivity index (χ4n) is 0.823. The summed E-state index contributed by atoms with van der Waals surface area (Å²) in [5, 5.41) is 0. The van der Waals surface area contributed by atoms with E-state index in [2.05, 4.69) is 23.7 Å². The van der Waals surface area contributed by atoms with Crippen molar-refractivity contribution >= 4 is 5.84 Å². The van der Waals surface area contributed by atoms with E-state index in [1.807, 2.05) is 14.0 Å². The van der Waals surface area contributed by atoms with E-state index in [9.17, 15) is 0 Å². The lowest BCUT2D eigenvalue weighted by Crippen LogP contribution is -2.27. The van der Waals surface area contributed by atoms with Crippen LogP contribution in [0.25, 0.3) is 0 Å². The fraction of sp³-hybridized carbons (Fsp3) is 0.857. The summed E-state index contributed by atoms with van der Waals surface area (Å²) in [6.07, 6.45) is 0. The normalized spacial score (nSPS) is 11.8. The third-order valence-corrected chi connectivity index (χ3v) is 1.54. The van der Waals surface area contributed by atoms with Gasteiger partial charge in [0.2, 0.25) is 0 Å². The molecule has 2 heteroatoms. The predicted molar refractivity (Wildman–Crippen MR) is 42.0 cm³/mol. The van der Waals surface area contributed by atoms with E-state index in [1.165, 1.54) is 0 Å². The summed E-state index contributed by atoms with van der Waals surface area (Å²) < 4.78 is 0. The SMILES string of the molecule is CCN(CC)/C(C)=N/C. The van der Waals surface area contributed by atoms with E-state index in [0.717, 1.165) is 18.9 Å². The van der Waals surface area contributed by atoms with Gasteiger partial charge in [-0.05, 0) is 20.8 Å². The van der Waals surface area contributed by atoms with Crippen molar-refractivity contribution < 1.29 is 0 Å². The lowest BCUT2D eigenvalue weighted by Gasteiger charge is -2.19. The van der Waals surface area contributed by atoms with Gasteiger partial charge in [0.25, 0.3) is 0 Å². The van der Waals surface area contributed by atoms with Crippen LogP contribution < -0.4 is 0 Å². The molecular weight excluding hydrogens is 112 g/mol. The average molecular weight is 128 g/mol. The quantitative estimate of drug-likeness (QED) is 0.405. The molecule has 0 aliphatic rings. The molecule has 0 saturated carbocycles. The molecule has 2 nitrogen and oxygen atoms in total. The molecule has 0 rings (SSSR count). The largest absolute Gasteiger partial charge is 0.361 e. The van der Waals surface area contributed by atoms with Gasteiger partial charge in [-0.2, -0.15) is 0 Å². The fourth-order valence-corrected chi connectivity index (χ4v) is 0.823. The first kappa shape index (κ1) is 8.47. The minimum Gasteiger partial charge on any atom is -0.361 e. The van der Waals surface area contributed by atoms with E-state index in [0.29, 0.717) is 0 Å². The Hall–Kier alpha value is -0.530. The zero-order chi connectivity index (χ0) is 7.28. The predicted octanol–water partition coefficient (Wildman–Crippen LogP) is 1.38. The molecule has 0 aromatic heterocycles. The number of rotatable bonds is 2. The first-order valence-electron chi connectivity index (χ1n) is 3.44. The zero-order valence-corrected chi connectivity index (χ0v) is 6.81. The van der Waals surface area contributed by atoms with Crippen LogP contribution in [0.1, 0.15) is 20.8 Å². The van der Waals surface area contributed by atoms with Crippen molar-refractivity contribution in [1.29, 1.82) is 0 Å². The van der Waals surface area contributed by atoms with E-state index in [4.69, 9.17) is 0 Å². The molecule has 0 aliphatic carbocycles. The Balaban J connectivity index is 3.79. The molecule has 9 heavy (non-hydrogen) atoms. The Morgan fingerprint density at radius 2 is 1.78 bits per heavy atom. The number of nitrogens with zero attached hydrogens (tertiary/aromatic N) is 2. The highest BCUT2D eigenvalue weighted by Crippen LogP contribution is 1.88. The lowest BCUT2D eigenvalue weighted by atomic mass is 10.5. The van der Waals surface area contributed by atoms with Gasteiger partial charge < -0.3 is 4.90 Å². The average Bonchev–Trinajstić information content (AvgIpc) is 1.90. The number of hydrogen-bond acceptors (Lipinski definition) is 1. The smallest absolute Gasteiger partial charge is 0.0953 e. The standard InChI is InChI=1S/C7H16N2/c1-5-9(6-2)7(3)8-4/h5-6H2,1-4H3/b8-7+. The van der Waals surface area contributed by atoms with E-state index >= 15 is 0 Å². The van der Waals surface area contributed by atoms with E-state index in [1.54, 1.807) is 0 Å². The molecule has 0 bridgehead atoms. The second-order valence-electron chi connectivity index (χ2n) is 1.94. The zero-order valence-electron chi connectivity index (χ0n) is 6.81. The van der Waals surface area contributed by atoms with Crippen LogP contribution in [-0.4, -0.2) is 30.9 Å². The van der Waals surface area contributed by atoms with Crippen LogP contribution in [0.15, 0.2) is 4.99 Å². The maximum atomic E-state index is 4.07. The lowest BCUT2D eigenvalue weighted by molar-refractivity contribution is 0.462. The Labute approximate surface area is 57.6 Å². The topological polar surface area (TPSA) is 15.6 Å². The molecule has 0 unspecified atom stereocenters. The van der Waals surface area contributed by atoms with Gasteiger partial charge in [0.1, 0.15) is 0 Å². The van der Waals surface area contributed by atoms with Crippen molar-refractivity contribution in [3.63, 3.8) is 0 Å². The molecule has 0 aromatic rings. The van der Waals surface area contributed by atoms with Crippen LogP contribution in [-0.2, 0) is 0 Å². The molecule has 0 aliphatic heterocycles. The summed E-state index contributed by atoms with van der Waals surface area (Å²) in [5.41, 5.74) is 0. The maximum Gasteiger partial charge on any atom is 0.0953 e. The Morgan fingerprint density at radius 1 is 1.33 bits per heavy atom. The highest BCUT2D eigenvalue weighted by molar-refractivity contribution is 5.79. The van der Waals surface area contributed by atoms with Gasteiger partial charge in [0.05, 0.1) is 5.84 Å². The van der Waals surface area contributed by atoms with Crippen molar-refractivity contribution in [2.45, 2.75) is 20.8 Å². The number of amidine groups is 1. The van der Waals surface area contributed by atoms with E-state index in [-0.39, 0.29) is 0 Å². The van der Waals surface area contributed by atoms with Gasteiger partial charge in [-0.3, -0.25) is 4.99 Å². The van der Waals surface area contributed by atoms with Crippen molar-refractivity contribution in [2.75, 3.05) is 20.1 Å². The molecule has 0 heterocycles. The van der Waals surface area contributed by atoms with E-state index < -0.39 is 0 Å². The third-order valence-electron chi connectivity index (χ3n) is 1.54. The molecule has 0 spiro atoms. The summed E-state index contributed by atoms with van der Waals surface area (Å²) in [6.45, 7) is 8.42. The summed E-state index contributed by atoms with van der Waals surface area (Å²) in [5.74, 6) is 1.13. The second-order valence-corrected chi connectivity index (χ2v) is 1.94. The van der Waals surface area contributed by atoms with Gasteiger partial charge in [-0.15, -0.1) is 0 Å². The van der Waals surface area contributed by atoms with Crippen LogP contribution in [0.5, 0.6) is 0 Å². The van der Waals surface area contributed by atoms with Crippen molar-refractivity contribution in [2.24, 2.45) is 4.99 Å². The molecule has 54 valence electrons. The van der Waals surface area contributed by atoms with Crippen LogP contribution in [0.2, 0.25) is 0 Å². The minimum absolute atomic E-state index is 1.06. The van der Waals surface area contributed by atoms with Crippen LogP contribution in [0, 0.1) is 0 Å². The highest BCUT2D eigenvalue weighted by atomic mass is 15.2. The monoisotopic (exact) mass is 128 g/mol. The molecule has 0 amide bonds. The van der Waals surface area contributed by atoms with Gasteiger partial charge in [0, 0.05) is 20.1 Å². The Kier molecular flexibility index (Phi) is 4.10. The van der Waals surface area contributed by atoms with Gasteiger partial charge in [0.15, 0.2) is 0 Å². The summed E-state index contributed by atoms with van der Waals surface area (Å²) in [6, 6.07) is 0. The van der Waals surface area contributed by atoms with Crippen molar-refractivity contribution in [1.82, 2.24) is 4.90 Å². The maximum absolute atomic E-state index is 4.07. The molecule has 0 saturated heterocycles. The van der Waals surface area contributed by atoms with Gasteiger partial charge in [-0.1, -0.05) is 0 Å². The minimum atomic E-state index is 1.06. The molecule has 0 fully saturated rings. The van der Waals surface area contributed by atoms with Crippen molar-refractivity contribution in [3.8, 4) is 0 Å². The Bertz CT molecular complexity index is 93.1. The summed E-state index contributed by atoms with van der Waals surface area (Å²) in [4.78, 5) is 6.30.